The average molecular weight is 171 g/mol. The molecule has 1 heterocycles. The molecule has 0 aromatic heterocycles. The SMILES string of the molecule is CC(=N)N1CCN(CCO)CC1. The maximum atomic E-state index is 8.70. The zero-order valence-electron chi connectivity index (χ0n) is 7.58. The van der Waals surface area contributed by atoms with Crippen molar-refractivity contribution in [1.29, 1.82) is 5.41 Å². The molecule has 0 saturated carbocycles. The molecule has 0 aromatic rings. The number of hydrogen-bond acceptors (Lipinski definition) is 3. The minimum atomic E-state index is 0.240. The highest BCUT2D eigenvalue weighted by atomic mass is 16.3. The fourth-order valence-corrected chi connectivity index (χ4v) is 1.45. The Labute approximate surface area is 73.3 Å². The van der Waals surface area contributed by atoms with Gasteiger partial charge in [0.15, 0.2) is 0 Å². The molecule has 0 spiro atoms. The van der Waals surface area contributed by atoms with Crippen LogP contribution in [0.15, 0.2) is 0 Å². The van der Waals surface area contributed by atoms with Crippen molar-refractivity contribution in [2.75, 3.05) is 39.3 Å². The Bertz CT molecular complexity index is 152. The zero-order chi connectivity index (χ0) is 8.97. The van der Waals surface area contributed by atoms with Gasteiger partial charge >= 0.3 is 0 Å². The van der Waals surface area contributed by atoms with Gasteiger partial charge in [-0.2, -0.15) is 0 Å². The lowest BCUT2D eigenvalue weighted by Crippen LogP contribution is -2.48. The van der Waals surface area contributed by atoms with Crippen LogP contribution in [-0.4, -0.2) is 60.1 Å². The van der Waals surface area contributed by atoms with Crippen molar-refractivity contribution in [3.05, 3.63) is 0 Å². The lowest BCUT2D eigenvalue weighted by Gasteiger charge is -2.34. The van der Waals surface area contributed by atoms with E-state index >= 15 is 0 Å². The van der Waals surface area contributed by atoms with Gasteiger partial charge in [0.1, 0.15) is 0 Å². The van der Waals surface area contributed by atoms with Crippen LogP contribution in [0.3, 0.4) is 0 Å². The normalized spacial score (nSPS) is 19.7. The van der Waals surface area contributed by atoms with Gasteiger partial charge in [0.05, 0.1) is 12.4 Å². The monoisotopic (exact) mass is 171 g/mol. The van der Waals surface area contributed by atoms with Crippen LogP contribution in [0.2, 0.25) is 0 Å². The largest absolute Gasteiger partial charge is 0.395 e. The average Bonchev–Trinajstić information content (AvgIpc) is 2.06. The molecule has 1 aliphatic heterocycles. The Kier molecular flexibility index (Phi) is 3.49. The van der Waals surface area contributed by atoms with Crippen LogP contribution in [0.25, 0.3) is 0 Å². The zero-order valence-corrected chi connectivity index (χ0v) is 7.58. The van der Waals surface area contributed by atoms with E-state index < -0.39 is 0 Å². The number of piperazine rings is 1. The molecule has 0 bridgehead atoms. The summed E-state index contributed by atoms with van der Waals surface area (Å²) in [5.41, 5.74) is 0. The van der Waals surface area contributed by atoms with Crippen LogP contribution in [0.5, 0.6) is 0 Å². The molecule has 4 nitrogen and oxygen atoms in total. The van der Waals surface area contributed by atoms with Gasteiger partial charge in [-0.25, -0.2) is 0 Å². The van der Waals surface area contributed by atoms with Crippen LogP contribution in [0, 0.1) is 5.41 Å². The first-order chi connectivity index (χ1) is 5.74. The van der Waals surface area contributed by atoms with Gasteiger partial charge in [0, 0.05) is 32.7 Å². The first kappa shape index (κ1) is 9.48. The third-order valence-electron chi connectivity index (χ3n) is 2.26. The van der Waals surface area contributed by atoms with Crippen LogP contribution >= 0.6 is 0 Å². The van der Waals surface area contributed by atoms with Crippen molar-refractivity contribution in [2.24, 2.45) is 0 Å². The Morgan fingerprint density at radius 1 is 1.33 bits per heavy atom. The molecule has 1 aliphatic rings. The highest BCUT2D eigenvalue weighted by molar-refractivity contribution is 5.76. The number of nitrogens with one attached hydrogen (secondary N) is 1. The maximum absolute atomic E-state index is 8.70. The van der Waals surface area contributed by atoms with Crippen molar-refractivity contribution in [3.8, 4) is 0 Å². The fraction of sp³-hybridized carbons (Fsp3) is 0.875. The number of rotatable bonds is 2. The van der Waals surface area contributed by atoms with E-state index in [0.717, 1.165) is 32.7 Å². The van der Waals surface area contributed by atoms with E-state index in [-0.39, 0.29) is 6.61 Å². The Morgan fingerprint density at radius 3 is 2.33 bits per heavy atom. The summed E-state index contributed by atoms with van der Waals surface area (Å²) in [5, 5.41) is 16.1. The van der Waals surface area contributed by atoms with Gasteiger partial charge in [-0.15, -0.1) is 0 Å². The predicted octanol–water partition coefficient (Wildman–Crippen LogP) is -0.407. The topological polar surface area (TPSA) is 50.6 Å². The summed E-state index contributed by atoms with van der Waals surface area (Å²) in [6, 6.07) is 0. The summed E-state index contributed by atoms with van der Waals surface area (Å²) in [6.45, 7) is 6.62. The summed E-state index contributed by atoms with van der Waals surface area (Å²) in [4.78, 5) is 4.29. The van der Waals surface area contributed by atoms with Gasteiger partial charge in [-0.1, -0.05) is 0 Å². The Morgan fingerprint density at radius 2 is 1.92 bits per heavy atom. The molecule has 0 amide bonds. The van der Waals surface area contributed by atoms with Gasteiger partial charge in [0.2, 0.25) is 0 Å². The summed E-state index contributed by atoms with van der Waals surface area (Å²) >= 11 is 0. The third-order valence-corrected chi connectivity index (χ3v) is 2.26. The fourth-order valence-electron chi connectivity index (χ4n) is 1.45. The van der Waals surface area contributed by atoms with Crippen molar-refractivity contribution in [2.45, 2.75) is 6.92 Å². The number of β-amino-alcohol motifs (C(OH)–C–C–N with tert-alkyl or cyclic N) is 1. The lowest BCUT2D eigenvalue weighted by molar-refractivity contribution is 0.146. The van der Waals surface area contributed by atoms with Crippen molar-refractivity contribution in [1.82, 2.24) is 9.80 Å². The minimum Gasteiger partial charge on any atom is -0.395 e. The van der Waals surface area contributed by atoms with Crippen LogP contribution in [-0.2, 0) is 0 Å². The summed E-state index contributed by atoms with van der Waals surface area (Å²) < 4.78 is 0. The number of nitrogens with zero attached hydrogens (tertiary/aromatic N) is 2. The molecule has 0 aliphatic carbocycles. The van der Waals surface area contributed by atoms with Gasteiger partial charge in [0.25, 0.3) is 0 Å². The second-order valence-corrected chi connectivity index (χ2v) is 3.14. The summed E-state index contributed by atoms with van der Waals surface area (Å²) in [5.74, 6) is 0.652. The molecule has 0 radical (unpaired) electrons. The molecule has 12 heavy (non-hydrogen) atoms. The molecule has 4 heteroatoms. The van der Waals surface area contributed by atoms with Crippen LogP contribution in [0.4, 0.5) is 0 Å². The Hall–Kier alpha value is -0.610. The molecule has 0 unspecified atom stereocenters. The second kappa shape index (κ2) is 4.42. The number of hydrogen-bond donors (Lipinski definition) is 2. The van der Waals surface area contributed by atoms with Gasteiger partial charge in [-0.05, 0) is 6.92 Å². The smallest absolute Gasteiger partial charge is 0.0926 e. The first-order valence-electron chi connectivity index (χ1n) is 4.37. The van der Waals surface area contributed by atoms with Crippen LogP contribution in [0.1, 0.15) is 6.92 Å². The molecule has 0 atom stereocenters. The van der Waals surface area contributed by atoms with E-state index in [2.05, 4.69) is 9.80 Å². The van der Waals surface area contributed by atoms with Gasteiger partial charge in [-0.3, -0.25) is 10.3 Å². The Balaban J connectivity index is 2.25. The highest BCUT2D eigenvalue weighted by Crippen LogP contribution is 2.00. The quantitative estimate of drug-likeness (QED) is 0.439. The van der Waals surface area contributed by atoms with Crippen molar-refractivity contribution < 1.29 is 5.11 Å². The summed E-state index contributed by atoms with van der Waals surface area (Å²) in [6.07, 6.45) is 0. The number of amidine groups is 1. The molecule has 1 rings (SSSR count). The van der Waals surface area contributed by atoms with E-state index in [1.54, 1.807) is 0 Å². The van der Waals surface area contributed by atoms with E-state index in [1.807, 2.05) is 6.92 Å². The number of aliphatic hydroxyl groups excluding tert-OH is 1. The molecule has 70 valence electrons. The van der Waals surface area contributed by atoms with E-state index in [0.29, 0.717) is 5.84 Å². The molecule has 0 aromatic carbocycles. The molecular formula is C8H17N3O. The second-order valence-electron chi connectivity index (χ2n) is 3.14. The maximum Gasteiger partial charge on any atom is 0.0926 e. The van der Waals surface area contributed by atoms with E-state index in [9.17, 15) is 0 Å². The molecule has 1 saturated heterocycles. The van der Waals surface area contributed by atoms with Crippen molar-refractivity contribution >= 4 is 5.84 Å². The standard InChI is InChI=1S/C8H17N3O/c1-8(9)11-4-2-10(3-5-11)6-7-12/h9,12H,2-7H2,1H3. The first-order valence-corrected chi connectivity index (χ1v) is 4.37. The molecule has 2 N–H and O–H groups in total. The summed E-state index contributed by atoms with van der Waals surface area (Å²) in [7, 11) is 0. The molecule has 1 fully saturated rings. The third kappa shape index (κ3) is 2.46. The molecular weight excluding hydrogens is 154 g/mol. The lowest BCUT2D eigenvalue weighted by atomic mass is 10.3. The minimum absolute atomic E-state index is 0.240. The predicted molar refractivity (Wildman–Crippen MR) is 48.5 cm³/mol. The van der Waals surface area contributed by atoms with Crippen LogP contribution < -0.4 is 0 Å². The van der Waals surface area contributed by atoms with Crippen molar-refractivity contribution in [3.63, 3.8) is 0 Å². The highest BCUT2D eigenvalue weighted by Gasteiger charge is 2.15. The van der Waals surface area contributed by atoms with E-state index in [4.69, 9.17) is 10.5 Å². The van der Waals surface area contributed by atoms with E-state index in [1.165, 1.54) is 0 Å². The number of aliphatic hydroxyl groups is 1. The van der Waals surface area contributed by atoms with Gasteiger partial charge < -0.3 is 10.0 Å².